The molecule has 0 aliphatic carbocycles. The molecule has 2 rings (SSSR count). The van der Waals surface area contributed by atoms with Crippen LogP contribution in [0.4, 0.5) is 5.69 Å². The number of nitrogens with one attached hydrogen (secondary N) is 3. The topological polar surface area (TPSA) is 104 Å². The van der Waals surface area contributed by atoms with Gasteiger partial charge in [0.2, 0.25) is 15.9 Å². The number of sulfonamides is 1. The van der Waals surface area contributed by atoms with Crippen molar-refractivity contribution in [1.29, 1.82) is 0 Å². The second kappa shape index (κ2) is 9.67. The Bertz CT molecular complexity index is 1000. The van der Waals surface area contributed by atoms with Gasteiger partial charge in [-0.1, -0.05) is 32.0 Å². The van der Waals surface area contributed by atoms with Crippen molar-refractivity contribution < 1.29 is 18.0 Å². The van der Waals surface area contributed by atoms with E-state index in [0.717, 1.165) is 5.56 Å². The van der Waals surface area contributed by atoms with Crippen LogP contribution in [0.25, 0.3) is 0 Å². The highest BCUT2D eigenvalue weighted by atomic mass is 32.2. The first-order chi connectivity index (χ1) is 13.6. The molecule has 0 unspecified atom stereocenters. The van der Waals surface area contributed by atoms with Crippen LogP contribution in [0.1, 0.15) is 41.8 Å². The molecule has 2 aromatic rings. The number of benzene rings is 2. The number of anilines is 1. The zero-order chi connectivity index (χ0) is 21.6. The van der Waals surface area contributed by atoms with Crippen LogP contribution in [0.5, 0.6) is 0 Å². The summed E-state index contributed by atoms with van der Waals surface area (Å²) in [5, 5.41) is 5.65. The van der Waals surface area contributed by atoms with Crippen LogP contribution in [0.15, 0.2) is 47.4 Å². The zero-order valence-corrected chi connectivity index (χ0v) is 17.9. The quantitative estimate of drug-likeness (QED) is 0.614. The minimum atomic E-state index is -3.63. The molecule has 0 spiro atoms. The minimum Gasteiger partial charge on any atom is -0.348 e. The van der Waals surface area contributed by atoms with E-state index in [1.807, 2.05) is 19.9 Å². The van der Waals surface area contributed by atoms with E-state index in [4.69, 9.17) is 0 Å². The summed E-state index contributed by atoms with van der Waals surface area (Å²) in [6.45, 7) is 5.94. The first-order valence-electron chi connectivity index (χ1n) is 9.33. The monoisotopic (exact) mass is 417 g/mol. The molecule has 0 atom stereocenters. The van der Waals surface area contributed by atoms with Gasteiger partial charge in [0.25, 0.3) is 5.91 Å². The summed E-state index contributed by atoms with van der Waals surface area (Å²) in [5.74, 6) is -0.160. The van der Waals surface area contributed by atoms with Gasteiger partial charge in [-0.05, 0) is 55.3 Å². The van der Waals surface area contributed by atoms with E-state index in [1.165, 1.54) is 19.2 Å². The molecule has 0 radical (unpaired) electrons. The summed E-state index contributed by atoms with van der Waals surface area (Å²) in [6, 6.07) is 11.7. The normalized spacial score (nSPS) is 11.3. The van der Waals surface area contributed by atoms with Crippen LogP contribution in [0.2, 0.25) is 0 Å². The van der Waals surface area contributed by atoms with Crippen LogP contribution in [-0.2, 0) is 21.4 Å². The SMILES string of the molecule is CNS(=O)(=O)c1ccc(C)c(C(=O)NCc2cccc(NC(=O)CC(C)C)c2)c1. The van der Waals surface area contributed by atoms with E-state index in [9.17, 15) is 18.0 Å². The molecule has 0 fully saturated rings. The molecule has 0 saturated heterocycles. The highest BCUT2D eigenvalue weighted by molar-refractivity contribution is 7.89. The van der Waals surface area contributed by atoms with Crippen molar-refractivity contribution >= 4 is 27.5 Å². The summed E-state index contributed by atoms with van der Waals surface area (Å²) in [6.07, 6.45) is 0.437. The first kappa shape index (κ1) is 22.6. The largest absolute Gasteiger partial charge is 0.348 e. The minimum absolute atomic E-state index is 0.0330. The van der Waals surface area contributed by atoms with Crippen molar-refractivity contribution in [3.63, 3.8) is 0 Å². The molecule has 0 aliphatic heterocycles. The van der Waals surface area contributed by atoms with Gasteiger partial charge in [0.1, 0.15) is 0 Å². The molecule has 0 bridgehead atoms. The van der Waals surface area contributed by atoms with Gasteiger partial charge in [-0.15, -0.1) is 0 Å². The van der Waals surface area contributed by atoms with Gasteiger partial charge >= 0.3 is 0 Å². The molecule has 8 heteroatoms. The third-order valence-corrected chi connectivity index (χ3v) is 5.70. The van der Waals surface area contributed by atoms with Crippen LogP contribution in [0.3, 0.4) is 0 Å². The molecule has 3 N–H and O–H groups in total. The highest BCUT2D eigenvalue weighted by Gasteiger charge is 2.16. The number of rotatable bonds is 8. The number of hydrogen-bond acceptors (Lipinski definition) is 4. The Kier molecular flexibility index (Phi) is 7.53. The van der Waals surface area contributed by atoms with Crippen LogP contribution < -0.4 is 15.4 Å². The third kappa shape index (κ3) is 6.40. The molecular weight excluding hydrogens is 390 g/mol. The maximum absolute atomic E-state index is 12.6. The van der Waals surface area contributed by atoms with Crippen molar-refractivity contribution in [2.75, 3.05) is 12.4 Å². The Morgan fingerprint density at radius 1 is 1.07 bits per heavy atom. The van der Waals surface area contributed by atoms with E-state index in [2.05, 4.69) is 15.4 Å². The lowest BCUT2D eigenvalue weighted by molar-refractivity contribution is -0.116. The standard InChI is InChI=1S/C21H27N3O4S/c1-14(2)10-20(25)24-17-7-5-6-16(11-17)13-23-21(26)19-12-18(9-8-15(19)3)29(27,28)22-4/h5-9,11-12,14,22H,10,13H2,1-4H3,(H,23,26)(H,24,25). The second-order valence-electron chi connectivity index (χ2n) is 7.21. The second-order valence-corrected chi connectivity index (χ2v) is 9.10. The Hall–Kier alpha value is -2.71. The highest BCUT2D eigenvalue weighted by Crippen LogP contribution is 2.16. The molecule has 0 aromatic heterocycles. The lowest BCUT2D eigenvalue weighted by Crippen LogP contribution is -2.25. The Morgan fingerprint density at radius 2 is 1.79 bits per heavy atom. The zero-order valence-electron chi connectivity index (χ0n) is 17.1. The van der Waals surface area contributed by atoms with Crippen LogP contribution in [0, 0.1) is 12.8 Å². The Morgan fingerprint density at radius 3 is 2.45 bits per heavy atom. The van der Waals surface area contributed by atoms with Crippen molar-refractivity contribution in [3.8, 4) is 0 Å². The lowest BCUT2D eigenvalue weighted by Gasteiger charge is -2.11. The molecule has 2 amide bonds. The summed E-state index contributed by atoms with van der Waals surface area (Å²) in [4.78, 5) is 24.6. The summed E-state index contributed by atoms with van der Waals surface area (Å²) < 4.78 is 26.2. The number of aryl methyl sites for hydroxylation is 1. The van der Waals surface area contributed by atoms with Crippen LogP contribution >= 0.6 is 0 Å². The van der Waals surface area contributed by atoms with Gasteiger partial charge in [-0.2, -0.15) is 0 Å². The predicted molar refractivity (Wildman–Crippen MR) is 113 cm³/mol. The third-order valence-electron chi connectivity index (χ3n) is 4.29. The molecule has 29 heavy (non-hydrogen) atoms. The van der Waals surface area contributed by atoms with Crippen molar-refractivity contribution in [2.45, 2.75) is 38.6 Å². The smallest absolute Gasteiger partial charge is 0.251 e. The number of carbonyl (C=O) groups is 2. The molecular formula is C21H27N3O4S. The van der Waals surface area contributed by atoms with Gasteiger partial charge < -0.3 is 10.6 Å². The Balaban J connectivity index is 2.09. The maximum atomic E-state index is 12.6. The molecule has 0 heterocycles. The van der Waals surface area contributed by atoms with Gasteiger partial charge in [0, 0.05) is 24.2 Å². The van der Waals surface area contributed by atoms with E-state index in [0.29, 0.717) is 23.2 Å². The fourth-order valence-electron chi connectivity index (χ4n) is 2.75. The fraction of sp³-hybridized carbons (Fsp3) is 0.333. The molecule has 156 valence electrons. The van der Waals surface area contributed by atoms with Gasteiger partial charge in [0.15, 0.2) is 0 Å². The van der Waals surface area contributed by atoms with E-state index < -0.39 is 10.0 Å². The molecule has 0 aliphatic rings. The van der Waals surface area contributed by atoms with E-state index in [1.54, 1.807) is 31.2 Å². The van der Waals surface area contributed by atoms with Crippen molar-refractivity contribution in [3.05, 3.63) is 59.2 Å². The average Bonchev–Trinajstić information content (AvgIpc) is 2.66. The molecule has 7 nitrogen and oxygen atoms in total. The van der Waals surface area contributed by atoms with Crippen LogP contribution in [-0.4, -0.2) is 27.3 Å². The van der Waals surface area contributed by atoms with Gasteiger partial charge in [-0.3, -0.25) is 9.59 Å². The fourth-order valence-corrected chi connectivity index (χ4v) is 3.51. The maximum Gasteiger partial charge on any atom is 0.251 e. The predicted octanol–water partition coefficient (Wildman–Crippen LogP) is 2.82. The van der Waals surface area contributed by atoms with Gasteiger partial charge in [-0.25, -0.2) is 13.1 Å². The van der Waals surface area contributed by atoms with E-state index >= 15 is 0 Å². The lowest BCUT2D eigenvalue weighted by atomic mass is 10.1. The van der Waals surface area contributed by atoms with Crippen molar-refractivity contribution in [2.24, 2.45) is 5.92 Å². The first-order valence-corrected chi connectivity index (χ1v) is 10.8. The summed E-state index contributed by atoms with van der Waals surface area (Å²) in [5.41, 5.74) is 2.45. The van der Waals surface area contributed by atoms with Crippen molar-refractivity contribution in [1.82, 2.24) is 10.0 Å². The Labute approximate surface area is 172 Å². The number of amides is 2. The number of carbonyl (C=O) groups excluding carboxylic acids is 2. The summed E-state index contributed by atoms with van der Waals surface area (Å²) >= 11 is 0. The van der Waals surface area contributed by atoms with E-state index in [-0.39, 0.29) is 29.2 Å². The molecule has 2 aromatic carbocycles. The molecule has 0 saturated carbocycles. The average molecular weight is 418 g/mol. The number of hydrogen-bond donors (Lipinski definition) is 3. The summed E-state index contributed by atoms with van der Waals surface area (Å²) in [7, 11) is -2.31. The van der Waals surface area contributed by atoms with Gasteiger partial charge in [0.05, 0.1) is 4.90 Å².